The summed E-state index contributed by atoms with van der Waals surface area (Å²) in [6.45, 7) is 2.73. The molecule has 2 N–H and O–H groups in total. The lowest BCUT2D eigenvalue weighted by Gasteiger charge is -2.29. The van der Waals surface area contributed by atoms with E-state index in [4.69, 9.17) is 5.73 Å². The lowest BCUT2D eigenvalue weighted by Crippen LogP contribution is -2.34. The molecule has 2 heterocycles. The van der Waals surface area contributed by atoms with Crippen molar-refractivity contribution in [2.24, 2.45) is 0 Å². The number of nitrogens with two attached hydrogens (primary N) is 1. The maximum atomic E-state index is 12.0. The van der Waals surface area contributed by atoms with Gasteiger partial charge in [0.05, 0.1) is 5.69 Å². The van der Waals surface area contributed by atoms with Crippen LogP contribution in [0.2, 0.25) is 0 Å². The second kappa shape index (κ2) is 5.25. The first-order valence-corrected chi connectivity index (χ1v) is 7.71. The maximum Gasteiger partial charge on any atom is 0.226 e. The minimum Gasteiger partial charge on any atom is -0.375 e. The lowest BCUT2D eigenvalue weighted by molar-refractivity contribution is -0.118. The Labute approximate surface area is 122 Å². The van der Waals surface area contributed by atoms with Crippen molar-refractivity contribution in [1.82, 2.24) is 4.98 Å². The normalized spacial score (nSPS) is 14.2. The summed E-state index contributed by atoms with van der Waals surface area (Å²) in [4.78, 5) is 18.2. The fourth-order valence-corrected chi connectivity index (χ4v) is 3.20. The van der Waals surface area contributed by atoms with Gasteiger partial charge in [0.1, 0.15) is 0 Å². The van der Waals surface area contributed by atoms with Crippen LogP contribution in [0.25, 0.3) is 11.3 Å². The Hall–Kier alpha value is -1.88. The number of hydrogen-bond donors (Lipinski definition) is 1. The zero-order chi connectivity index (χ0) is 14.1. The van der Waals surface area contributed by atoms with Gasteiger partial charge in [0.15, 0.2) is 5.13 Å². The zero-order valence-electron chi connectivity index (χ0n) is 11.4. The molecular formula is C15H17N3OS. The summed E-state index contributed by atoms with van der Waals surface area (Å²) in [6, 6.07) is 6.19. The highest BCUT2D eigenvalue weighted by atomic mass is 32.1. The van der Waals surface area contributed by atoms with Crippen molar-refractivity contribution in [2.75, 3.05) is 17.2 Å². The van der Waals surface area contributed by atoms with Crippen LogP contribution in [0.15, 0.2) is 23.6 Å². The molecule has 5 heteroatoms. The molecule has 0 atom stereocenters. The Kier molecular flexibility index (Phi) is 3.44. The number of amides is 1. The van der Waals surface area contributed by atoms with E-state index in [0.29, 0.717) is 11.6 Å². The van der Waals surface area contributed by atoms with Crippen LogP contribution in [0.4, 0.5) is 10.8 Å². The molecule has 1 aromatic heterocycles. The van der Waals surface area contributed by atoms with Crippen molar-refractivity contribution >= 4 is 28.1 Å². The molecule has 0 spiro atoms. The van der Waals surface area contributed by atoms with E-state index in [0.717, 1.165) is 36.3 Å². The van der Waals surface area contributed by atoms with Gasteiger partial charge >= 0.3 is 0 Å². The van der Waals surface area contributed by atoms with Crippen molar-refractivity contribution < 1.29 is 4.79 Å². The van der Waals surface area contributed by atoms with E-state index in [-0.39, 0.29) is 5.91 Å². The van der Waals surface area contributed by atoms with Crippen molar-refractivity contribution in [2.45, 2.75) is 26.2 Å². The van der Waals surface area contributed by atoms with Crippen molar-refractivity contribution in [1.29, 1.82) is 0 Å². The second-order valence-corrected chi connectivity index (χ2v) is 5.81. The molecule has 2 aromatic rings. The van der Waals surface area contributed by atoms with Gasteiger partial charge in [0.2, 0.25) is 5.91 Å². The van der Waals surface area contributed by atoms with Gasteiger partial charge in [-0.05, 0) is 30.5 Å². The molecular weight excluding hydrogens is 270 g/mol. The average Bonchev–Trinajstić information content (AvgIpc) is 2.92. The van der Waals surface area contributed by atoms with Crippen LogP contribution in [0, 0.1) is 0 Å². The van der Waals surface area contributed by atoms with Crippen LogP contribution in [0.5, 0.6) is 0 Å². The SMILES string of the molecule is CCC(=O)N1CCCc2cc(-c3csc(N)n3)ccc21. The van der Waals surface area contributed by atoms with Gasteiger partial charge in [0, 0.05) is 29.6 Å². The third-order valence-corrected chi connectivity index (χ3v) is 4.29. The molecule has 20 heavy (non-hydrogen) atoms. The van der Waals surface area contributed by atoms with Gasteiger partial charge in [-0.25, -0.2) is 4.98 Å². The van der Waals surface area contributed by atoms with Gasteiger partial charge in [-0.15, -0.1) is 11.3 Å². The zero-order valence-corrected chi connectivity index (χ0v) is 12.2. The van der Waals surface area contributed by atoms with Crippen molar-refractivity contribution in [3.8, 4) is 11.3 Å². The summed E-state index contributed by atoms with van der Waals surface area (Å²) in [6.07, 6.45) is 2.57. The predicted octanol–water partition coefficient (Wildman–Crippen LogP) is 3.08. The molecule has 4 nitrogen and oxygen atoms in total. The number of nitrogen functional groups attached to an aromatic ring is 1. The van der Waals surface area contributed by atoms with Gasteiger partial charge < -0.3 is 10.6 Å². The average molecular weight is 287 g/mol. The number of hydrogen-bond acceptors (Lipinski definition) is 4. The minimum absolute atomic E-state index is 0.191. The highest BCUT2D eigenvalue weighted by Crippen LogP contribution is 2.32. The van der Waals surface area contributed by atoms with Gasteiger partial charge in [0.25, 0.3) is 0 Å². The van der Waals surface area contributed by atoms with E-state index in [1.807, 2.05) is 29.3 Å². The molecule has 1 aromatic carbocycles. The standard InChI is InChI=1S/C15H17N3OS/c1-2-14(19)18-7-3-4-11-8-10(5-6-13(11)18)12-9-20-15(16)17-12/h5-6,8-9H,2-4,7H2,1H3,(H2,16,17). The molecule has 0 fully saturated rings. The summed E-state index contributed by atoms with van der Waals surface area (Å²) in [5.74, 6) is 0.191. The van der Waals surface area contributed by atoms with Crippen LogP contribution in [0.3, 0.4) is 0 Å². The first-order valence-electron chi connectivity index (χ1n) is 6.83. The number of rotatable bonds is 2. The molecule has 1 amide bonds. The van der Waals surface area contributed by atoms with Crippen LogP contribution in [-0.4, -0.2) is 17.4 Å². The molecule has 0 unspecified atom stereocenters. The van der Waals surface area contributed by atoms with Crippen LogP contribution in [-0.2, 0) is 11.2 Å². The largest absolute Gasteiger partial charge is 0.375 e. The van der Waals surface area contributed by atoms with E-state index in [1.54, 1.807) is 0 Å². The summed E-state index contributed by atoms with van der Waals surface area (Å²) >= 11 is 1.45. The monoisotopic (exact) mass is 287 g/mol. The fourth-order valence-electron chi connectivity index (χ4n) is 2.63. The number of carbonyl (C=O) groups excluding carboxylic acids is 1. The molecule has 1 aliphatic rings. The number of nitrogens with zero attached hydrogens (tertiary/aromatic N) is 2. The summed E-state index contributed by atoms with van der Waals surface area (Å²) in [5, 5.41) is 2.55. The number of carbonyl (C=O) groups is 1. The third kappa shape index (κ3) is 2.29. The van der Waals surface area contributed by atoms with E-state index in [2.05, 4.69) is 11.1 Å². The molecule has 0 radical (unpaired) electrons. The van der Waals surface area contributed by atoms with Gasteiger partial charge in [-0.2, -0.15) is 0 Å². The number of anilines is 2. The van der Waals surface area contributed by atoms with E-state index in [9.17, 15) is 4.79 Å². The van der Waals surface area contributed by atoms with Crippen LogP contribution < -0.4 is 10.6 Å². The Morgan fingerprint density at radius 1 is 1.50 bits per heavy atom. The quantitative estimate of drug-likeness (QED) is 0.923. The number of benzene rings is 1. The fraction of sp³-hybridized carbons (Fsp3) is 0.333. The molecule has 0 saturated heterocycles. The lowest BCUT2D eigenvalue weighted by atomic mass is 9.98. The van der Waals surface area contributed by atoms with Gasteiger partial charge in [-0.1, -0.05) is 13.0 Å². The maximum absolute atomic E-state index is 12.0. The second-order valence-electron chi connectivity index (χ2n) is 4.92. The number of aryl methyl sites for hydroxylation is 1. The summed E-state index contributed by atoms with van der Waals surface area (Å²) < 4.78 is 0. The highest BCUT2D eigenvalue weighted by Gasteiger charge is 2.21. The molecule has 0 aliphatic carbocycles. The first kappa shape index (κ1) is 13.1. The van der Waals surface area contributed by atoms with Crippen LogP contribution in [0.1, 0.15) is 25.3 Å². The highest BCUT2D eigenvalue weighted by molar-refractivity contribution is 7.13. The smallest absolute Gasteiger partial charge is 0.226 e. The molecule has 1 aliphatic heterocycles. The topological polar surface area (TPSA) is 59.2 Å². The Balaban J connectivity index is 1.99. The van der Waals surface area contributed by atoms with Crippen molar-refractivity contribution in [3.63, 3.8) is 0 Å². The summed E-state index contributed by atoms with van der Waals surface area (Å²) in [5.41, 5.74) is 9.95. The molecule has 104 valence electrons. The van der Waals surface area contributed by atoms with Crippen LogP contribution >= 0.6 is 11.3 Å². The van der Waals surface area contributed by atoms with E-state index < -0.39 is 0 Å². The Bertz CT molecular complexity index is 650. The predicted molar refractivity (Wildman–Crippen MR) is 82.9 cm³/mol. The number of aromatic nitrogens is 1. The van der Waals surface area contributed by atoms with Crippen molar-refractivity contribution in [3.05, 3.63) is 29.1 Å². The van der Waals surface area contributed by atoms with E-state index in [1.165, 1.54) is 16.9 Å². The molecule has 0 saturated carbocycles. The summed E-state index contributed by atoms with van der Waals surface area (Å²) in [7, 11) is 0. The Morgan fingerprint density at radius 2 is 2.35 bits per heavy atom. The molecule has 3 rings (SSSR count). The van der Waals surface area contributed by atoms with E-state index >= 15 is 0 Å². The number of fused-ring (bicyclic) bond motifs is 1. The van der Waals surface area contributed by atoms with Gasteiger partial charge in [-0.3, -0.25) is 4.79 Å². The first-order chi connectivity index (χ1) is 9.69. The molecule has 0 bridgehead atoms. The number of thiazole rings is 1. The Morgan fingerprint density at radius 3 is 3.05 bits per heavy atom. The minimum atomic E-state index is 0.191. The third-order valence-electron chi connectivity index (χ3n) is 3.62.